The van der Waals surface area contributed by atoms with Crippen LogP contribution in [0.5, 0.6) is 0 Å². The van der Waals surface area contributed by atoms with E-state index >= 15 is 0 Å². The first kappa shape index (κ1) is 17.0. The molecule has 2 heteroatoms. The van der Waals surface area contributed by atoms with E-state index in [-0.39, 0.29) is 0 Å². The normalized spacial score (nSPS) is 9.33. The highest BCUT2D eigenvalue weighted by atomic mass is 16.2. The Morgan fingerprint density at radius 2 is 1.47 bits per heavy atom. The van der Waals surface area contributed by atoms with Crippen molar-refractivity contribution in [2.24, 2.45) is 0 Å². The molecule has 0 heterocycles. The lowest BCUT2D eigenvalue weighted by Crippen LogP contribution is -1.88. The molecule has 0 aliphatic heterocycles. The quantitative estimate of drug-likeness (QED) is 0.628. The van der Waals surface area contributed by atoms with Crippen molar-refractivity contribution in [3.63, 3.8) is 0 Å². The number of hydrogen-bond acceptors (Lipinski definition) is 2. The third kappa shape index (κ3) is 24.8. The Hall–Kier alpha value is -0.370. The Bertz CT molecular complexity index is 118. The highest BCUT2D eigenvalue weighted by molar-refractivity contribution is 5.75. The van der Waals surface area contributed by atoms with Crippen LogP contribution < -0.4 is 0 Å². The molecule has 0 aliphatic rings. The number of ketones is 1. The molecule has 0 saturated carbocycles. The van der Waals surface area contributed by atoms with E-state index in [4.69, 9.17) is 5.11 Å². The lowest BCUT2D eigenvalue weighted by molar-refractivity contribution is -0.117. The number of carbonyl (C=O) groups excluding carboxylic acids is 1. The minimum atomic E-state index is 0.325. The van der Waals surface area contributed by atoms with E-state index in [1.54, 1.807) is 6.92 Å². The molecule has 0 fully saturated rings. The summed E-state index contributed by atoms with van der Waals surface area (Å²) in [5.41, 5.74) is 0. The zero-order chi connectivity index (χ0) is 11.9. The number of aliphatic hydroxyl groups excluding tert-OH is 1. The van der Waals surface area contributed by atoms with Gasteiger partial charge >= 0.3 is 0 Å². The summed E-state index contributed by atoms with van der Waals surface area (Å²) in [5, 5.41) is 8.20. The van der Waals surface area contributed by atoms with Crippen LogP contribution in [0.2, 0.25) is 0 Å². The monoisotopic (exact) mass is 216 g/mol. The number of Topliss-reactive ketones (excluding diaryl/α,β-unsaturated/α-hetero) is 1. The van der Waals surface area contributed by atoms with Crippen LogP contribution in [0.1, 0.15) is 72.1 Å². The maximum absolute atomic E-state index is 10.4. The molecule has 92 valence electrons. The van der Waals surface area contributed by atoms with Crippen molar-refractivity contribution in [3.8, 4) is 0 Å². The molecule has 0 saturated heterocycles. The molecule has 0 bridgehead atoms. The third-order valence-corrected chi connectivity index (χ3v) is 2.14. The molecule has 0 radical (unpaired) electrons. The van der Waals surface area contributed by atoms with E-state index in [1.807, 2.05) is 0 Å². The Morgan fingerprint density at radius 1 is 0.933 bits per heavy atom. The van der Waals surface area contributed by atoms with E-state index in [0.717, 1.165) is 25.7 Å². The molecular weight excluding hydrogens is 188 g/mol. The first-order valence-electron chi connectivity index (χ1n) is 6.29. The molecule has 0 rings (SSSR count). The van der Waals surface area contributed by atoms with Crippen LogP contribution in [0.4, 0.5) is 0 Å². The fraction of sp³-hybridized carbons (Fsp3) is 0.923. The van der Waals surface area contributed by atoms with Crippen molar-refractivity contribution in [2.45, 2.75) is 72.1 Å². The molecule has 0 spiro atoms. The van der Waals surface area contributed by atoms with E-state index in [2.05, 4.69) is 13.8 Å². The number of hydrogen-bond donors (Lipinski definition) is 1. The van der Waals surface area contributed by atoms with Crippen LogP contribution in [0.3, 0.4) is 0 Å². The first-order valence-corrected chi connectivity index (χ1v) is 6.29. The summed E-state index contributed by atoms with van der Waals surface area (Å²) in [6.07, 6.45) is 8.93. The lowest BCUT2D eigenvalue weighted by Gasteiger charge is -1.93. The Morgan fingerprint density at radius 3 is 1.80 bits per heavy atom. The van der Waals surface area contributed by atoms with Crippen molar-refractivity contribution >= 4 is 5.78 Å². The third-order valence-electron chi connectivity index (χ3n) is 2.14. The van der Waals surface area contributed by atoms with Crippen molar-refractivity contribution < 1.29 is 9.90 Å². The molecule has 0 aliphatic carbocycles. The number of unbranched alkanes of at least 4 members (excludes halogenated alkanes) is 5. The van der Waals surface area contributed by atoms with Crippen LogP contribution >= 0.6 is 0 Å². The van der Waals surface area contributed by atoms with Crippen molar-refractivity contribution in [1.82, 2.24) is 0 Å². The van der Waals surface area contributed by atoms with Gasteiger partial charge < -0.3 is 9.90 Å². The summed E-state index contributed by atoms with van der Waals surface area (Å²) in [4.78, 5) is 10.4. The Labute approximate surface area is 95.1 Å². The maximum atomic E-state index is 10.4. The van der Waals surface area contributed by atoms with Gasteiger partial charge in [0.25, 0.3) is 0 Å². The van der Waals surface area contributed by atoms with Crippen LogP contribution in [0.15, 0.2) is 0 Å². The average molecular weight is 216 g/mol. The van der Waals surface area contributed by atoms with Gasteiger partial charge in [-0.1, -0.05) is 46.0 Å². The SMILES string of the molecule is CCCCCCC(C)=O.CCCCCO. The summed E-state index contributed by atoms with van der Waals surface area (Å²) in [7, 11) is 0. The van der Waals surface area contributed by atoms with Crippen LogP contribution in [-0.2, 0) is 4.79 Å². The summed E-state index contributed by atoms with van der Waals surface area (Å²) >= 11 is 0. The van der Waals surface area contributed by atoms with Crippen LogP contribution in [-0.4, -0.2) is 17.5 Å². The number of carbonyl (C=O) groups is 1. The second kappa shape index (κ2) is 16.1. The molecule has 15 heavy (non-hydrogen) atoms. The van der Waals surface area contributed by atoms with E-state index < -0.39 is 0 Å². The van der Waals surface area contributed by atoms with Crippen molar-refractivity contribution in [1.29, 1.82) is 0 Å². The summed E-state index contributed by atoms with van der Waals surface area (Å²) in [6, 6.07) is 0. The van der Waals surface area contributed by atoms with Gasteiger partial charge in [-0.2, -0.15) is 0 Å². The lowest BCUT2D eigenvalue weighted by atomic mass is 10.1. The zero-order valence-corrected chi connectivity index (χ0v) is 10.7. The topological polar surface area (TPSA) is 37.3 Å². The molecule has 0 aromatic heterocycles. The molecule has 0 atom stereocenters. The number of rotatable bonds is 8. The summed E-state index contributed by atoms with van der Waals surface area (Å²) in [5.74, 6) is 0.325. The van der Waals surface area contributed by atoms with Gasteiger partial charge in [-0.15, -0.1) is 0 Å². The van der Waals surface area contributed by atoms with Gasteiger partial charge in [0.15, 0.2) is 0 Å². The second-order valence-electron chi connectivity index (χ2n) is 3.94. The number of aliphatic hydroxyl groups is 1. The Balaban J connectivity index is 0. The minimum absolute atomic E-state index is 0.325. The molecule has 0 aromatic carbocycles. The molecule has 0 amide bonds. The van der Waals surface area contributed by atoms with E-state index in [1.165, 1.54) is 25.7 Å². The Kier molecular flexibility index (Phi) is 18.3. The van der Waals surface area contributed by atoms with Gasteiger partial charge in [0.1, 0.15) is 5.78 Å². The van der Waals surface area contributed by atoms with Gasteiger partial charge in [0.2, 0.25) is 0 Å². The summed E-state index contributed by atoms with van der Waals surface area (Å²) in [6.45, 7) is 6.31. The van der Waals surface area contributed by atoms with Crippen molar-refractivity contribution in [2.75, 3.05) is 6.61 Å². The minimum Gasteiger partial charge on any atom is -0.396 e. The predicted molar refractivity (Wildman–Crippen MR) is 66.1 cm³/mol. The zero-order valence-electron chi connectivity index (χ0n) is 10.7. The largest absolute Gasteiger partial charge is 0.396 e. The highest BCUT2D eigenvalue weighted by Crippen LogP contribution is 2.01. The van der Waals surface area contributed by atoms with E-state index in [0.29, 0.717) is 12.4 Å². The van der Waals surface area contributed by atoms with Gasteiger partial charge in [-0.25, -0.2) is 0 Å². The molecule has 1 N–H and O–H groups in total. The van der Waals surface area contributed by atoms with E-state index in [9.17, 15) is 4.79 Å². The van der Waals surface area contributed by atoms with Gasteiger partial charge in [0.05, 0.1) is 0 Å². The van der Waals surface area contributed by atoms with Crippen LogP contribution in [0.25, 0.3) is 0 Å². The molecule has 2 nitrogen and oxygen atoms in total. The average Bonchev–Trinajstić information content (AvgIpc) is 2.22. The van der Waals surface area contributed by atoms with Crippen LogP contribution in [0, 0.1) is 0 Å². The smallest absolute Gasteiger partial charge is 0.129 e. The second-order valence-corrected chi connectivity index (χ2v) is 3.94. The fourth-order valence-electron chi connectivity index (χ4n) is 1.16. The maximum Gasteiger partial charge on any atom is 0.129 e. The molecule has 0 aromatic rings. The standard InChI is InChI=1S/C8H16O.C5H12O/c1-3-4-5-6-7-8(2)9;1-2-3-4-5-6/h3-7H2,1-2H3;6H,2-5H2,1H3. The molecular formula is C13H28O2. The molecule has 0 unspecified atom stereocenters. The fourth-order valence-corrected chi connectivity index (χ4v) is 1.16. The van der Waals surface area contributed by atoms with Crippen molar-refractivity contribution in [3.05, 3.63) is 0 Å². The highest BCUT2D eigenvalue weighted by Gasteiger charge is 1.91. The predicted octanol–water partition coefficient (Wildman–Crippen LogP) is 3.71. The first-order chi connectivity index (χ1) is 7.18. The van der Waals surface area contributed by atoms with Gasteiger partial charge in [-0.05, 0) is 19.8 Å². The van der Waals surface area contributed by atoms with Gasteiger partial charge in [0, 0.05) is 13.0 Å². The van der Waals surface area contributed by atoms with Gasteiger partial charge in [-0.3, -0.25) is 0 Å². The summed E-state index contributed by atoms with van der Waals surface area (Å²) < 4.78 is 0.